The van der Waals surface area contributed by atoms with Crippen LogP contribution in [0.2, 0.25) is 0 Å². The third kappa shape index (κ3) is 8.12. The maximum absolute atomic E-state index is 5.69. The molecular formula is C14H28O2. The molecule has 1 heterocycles. The standard InChI is InChI=1S/C14H28O2/c1-14-13-15-11-9-7-5-3-2-4-6-8-10-12-16-14/h14H,2-13H2,1H3/t14-/m1/s1. The first-order chi connectivity index (χ1) is 7.89. The third-order valence-corrected chi connectivity index (χ3v) is 3.19. The average molecular weight is 228 g/mol. The van der Waals surface area contributed by atoms with Crippen molar-refractivity contribution < 1.29 is 9.47 Å². The van der Waals surface area contributed by atoms with Crippen LogP contribution in [0.3, 0.4) is 0 Å². The van der Waals surface area contributed by atoms with Crippen LogP contribution < -0.4 is 0 Å². The minimum atomic E-state index is 0.269. The van der Waals surface area contributed by atoms with Gasteiger partial charge in [0.1, 0.15) is 0 Å². The molecule has 0 bridgehead atoms. The molecule has 0 unspecified atom stereocenters. The summed E-state index contributed by atoms with van der Waals surface area (Å²) in [5.41, 5.74) is 0. The van der Waals surface area contributed by atoms with Crippen molar-refractivity contribution in [3.8, 4) is 0 Å². The predicted molar refractivity (Wildman–Crippen MR) is 67.8 cm³/mol. The number of ether oxygens (including phenoxy) is 2. The van der Waals surface area contributed by atoms with Gasteiger partial charge in [0.05, 0.1) is 12.7 Å². The van der Waals surface area contributed by atoms with E-state index in [-0.39, 0.29) is 6.10 Å². The molecular weight excluding hydrogens is 200 g/mol. The molecule has 0 saturated carbocycles. The molecule has 1 aliphatic rings. The van der Waals surface area contributed by atoms with Crippen molar-refractivity contribution in [1.82, 2.24) is 0 Å². The summed E-state index contributed by atoms with van der Waals surface area (Å²) < 4.78 is 11.3. The fourth-order valence-electron chi connectivity index (χ4n) is 2.13. The molecule has 2 heteroatoms. The molecule has 0 aromatic heterocycles. The van der Waals surface area contributed by atoms with Gasteiger partial charge in [-0.05, 0) is 19.8 Å². The van der Waals surface area contributed by atoms with Crippen molar-refractivity contribution in [3.05, 3.63) is 0 Å². The molecule has 0 N–H and O–H groups in total. The Hall–Kier alpha value is -0.0800. The van der Waals surface area contributed by atoms with E-state index in [4.69, 9.17) is 9.47 Å². The van der Waals surface area contributed by atoms with Crippen molar-refractivity contribution in [2.45, 2.75) is 70.8 Å². The number of rotatable bonds is 0. The summed E-state index contributed by atoms with van der Waals surface area (Å²) in [5, 5.41) is 0. The van der Waals surface area contributed by atoms with E-state index in [2.05, 4.69) is 6.92 Å². The number of hydrogen-bond donors (Lipinski definition) is 0. The van der Waals surface area contributed by atoms with Crippen LogP contribution in [0.25, 0.3) is 0 Å². The van der Waals surface area contributed by atoms with Crippen LogP contribution in [-0.2, 0) is 9.47 Å². The third-order valence-electron chi connectivity index (χ3n) is 3.19. The summed E-state index contributed by atoms with van der Waals surface area (Å²) in [4.78, 5) is 0. The first-order valence-corrected chi connectivity index (χ1v) is 7.09. The van der Waals surface area contributed by atoms with E-state index in [0.717, 1.165) is 19.8 Å². The Morgan fingerprint density at radius 3 is 1.81 bits per heavy atom. The van der Waals surface area contributed by atoms with E-state index in [1.54, 1.807) is 0 Å². The van der Waals surface area contributed by atoms with Gasteiger partial charge in [-0.25, -0.2) is 0 Å². The fraction of sp³-hybridized carbons (Fsp3) is 1.00. The zero-order chi connectivity index (χ0) is 11.5. The van der Waals surface area contributed by atoms with Crippen molar-refractivity contribution in [3.63, 3.8) is 0 Å². The molecule has 0 aliphatic carbocycles. The summed E-state index contributed by atoms with van der Waals surface area (Å²) in [7, 11) is 0. The molecule has 16 heavy (non-hydrogen) atoms. The van der Waals surface area contributed by atoms with Crippen molar-refractivity contribution in [2.75, 3.05) is 19.8 Å². The van der Waals surface area contributed by atoms with Crippen LogP contribution >= 0.6 is 0 Å². The number of hydrogen-bond acceptors (Lipinski definition) is 2. The first-order valence-electron chi connectivity index (χ1n) is 7.09. The Morgan fingerprint density at radius 2 is 1.19 bits per heavy atom. The maximum Gasteiger partial charge on any atom is 0.0780 e. The second-order valence-electron chi connectivity index (χ2n) is 4.94. The normalized spacial score (nSPS) is 27.9. The highest BCUT2D eigenvalue weighted by atomic mass is 16.5. The van der Waals surface area contributed by atoms with Crippen LogP contribution in [0, 0.1) is 0 Å². The molecule has 0 amide bonds. The van der Waals surface area contributed by atoms with Crippen LogP contribution in [0.1, 0.15) is 64.7 Å². The zero-order valence-electron chi connectivity index (χ0n) is 10.9. The molecule has 1 rings (SSSR count). The van der Waals surface area contributed by atoms with E-state index >= 15 is 0 Å². The van der Waals surface area contributed by atoms with Gasteiger partial charge in [-0.3, -0.25) is 0 Å². The minimum Gasteiger partial charge on any atom is -0.379 e. The van der Waals surface area contributed by atoms with Gasteiger partial charge in [0.25, 0.3) is 0 Å². The summed E-state index contributed by atoms with van der Waals surface area (Å²) in [6.07, 6.45) is 12.4. The quantitative estimate of drug-likeness (QED) is 0.625. The van der Waals surface area contributed by atoms with E-state index < -0.39 is 0 Å². The molecule has 96 valence electrons. The molecule has 1 atom stereocenters. The molecule has 0 spiro atoms. The molecule has 1 aliphatic heterocycles. The molecule has 1 saturated heterocycles. The molecule has 1 fully saturated rings. The minimum absolute atomic E-state index is 0.269. The van der Waals surface area contributed by atoms with Gasteiger partial charge < -0.3 is 9.47 Å². The second kappa shape index (κ2) is 10.1. The van der Waals surface area contributed by atoms with Crippen LogP contribution in [0.15, 0.2) is 0 Å². The lowest BCUT2D eigenvalue weighted by molar-refractivity contribution is -0.00854. The van der Waals surface area contributed by atoms with Crippen LogP contribution in [0.5, 0.6) is 0 Å². The van der Waals surface area contributed by atoms with Crippen molar-refractivity contribution in [2.24, 2.45) is 0 Å². The highest BCUT2D eigenvalue weighted by Gasteiger charge is 2.02. The smallest absolute Gasteiger partial charge is 0.0780 e. The lowest BCUT2D eigenvalue weighted by Gasteiger charge is -2.13. The Kier molecular flexibility index (Phi) is 8.83. The maximum atomic E-state index is 5.69. The van der Waals surface area contributed by atoms with Gasteiger partial charge in [0.2, 0.25) is 0 Å². The van der Waals surface area contributed by atoms with Gasteiger partial charge in [-0.1, -0.05) is 44.9 Å². The summed E-state index contributed by atoms with van der Waals surface area (Å²) in [6.45, 7) is 4.69. The molecule has 0 radical (unpaired) electrons. The van der Waals surface area contributed by atoms with Gasteiger partial charge in [0, 0.05) is 13.2 Å². The highest BCUT2D eigenvalue weighted by Crippen LogP contribution is 2.10. The monoisotopic (exact) mass is 228 g/mol. The Morgan fingerprint density at radius 1 is 0.688 bits per heavy atom. The van der Waals surface area contributed by atoms with E-state index in [0.29, 0.717) is 0 Å². The van der Waals surface area contributed by atoms with E-state index in [1.165, 1.54) is 57.8 Å². The van der Waals surface area contributed by atoms with Crippen LogP contribution in [-0.4, -0.2) is 25.9 Å². The Labute approximate surface area is 101 Å². The van der Waals surface area contributed by atoms with E-state index in [9.17, 15) is 0 Å². The summed E-state index contributed by atoms with van der Waals surface area (Å²) in [6, 6.07) is 0. The van der Waals surface area contributed by atoms with Gasteiger partial charge in [0.15, 0.2) is 0 Å². The largest absolute Gasteiger partial charge is 0.379 e. The van der Waals surface area contributed by atoms with Crippen molar-refractivity contribution >= 4 is 0 Å². The Bertz CT molecular complexity index is 132. The molecule has 0 aromatic carbocycles. The Balaban J connectivity index is 2.10. The van der Waals surface area contributed by atoms with Gasteiger partial charge in [-0.15, -0.1) is 0 Å². The summed E-state index contributed by atoms with van der Waals surface area (Å²) in [5.74, 6) is 0. The van der Waals surface area contributed by atoms with Crippen LogP contribution in [0.4, 0.5) is 0 Å². The second-order valence-corrected chi connectivity index (χ2v) is 4.94. The van der Waals surface area contributed by atoms with Crippen molar-refractivity contribution in [1.29, 1.82) is 0 Å². The predicted octanol–water partition coefficient (Wildman–Crippen LogP) is 3.93. The van der Waals surface area contributed by atoms with Gasteiger partial charge >= 0.3 is 0 Å². The SMILES string of the molecule is C[C@@H]1COCCCCCCCCCCCO1. The van der Waals surface area contributed by atoms with E-state index in [1.807, 2.05) is 0 Å². The lowest BCUT2D eigenvalue weighted by Crippen LogP contribution is -2.17. The average Bonchev–Trinajstić information content (AvgIpc) is 2.29. The topological polar surface area (TPSA) is 18.5 Å². The highest BCUT2D eigenvalue weighted by molar-refractivity contribution is 4.51. The van der Waals surface area contributed by atoms with Gasteiger partial charge in [-0.2, -0.15) is 0 Å². The summed E-state index contributed by atoms with van der Waals surface area (Å²) >= 11 is 0. The fourth-order valence-corrected chi connectivity index (χ4v) is 2.13. The first kappa shape index (κ1) is 14.0. The zero-order valence-corrected chi connectivity index (χ0v) is 10.9. The molecule has 0 aromatic rings. The lowest BCUT2D eigenvalue weighted by atomic mass is 10.1. The molecule has 2 nitrogen and oxygen atoms in total.